The van der Waals surface area contributed by atoms with Crippen LogP contribution in [0.4, 0.5) is 0 Å². The van der Waals surface area contributed by atoms with Crippen molar-refractivity contribution in [1.29, 1.82) is 0 Å². The van der Waals surface area contributed by atoms with E-state index in [1.54, 1.807) is 56.3 Å². The van der Waals surface area contributed by atoms with Gasteiger partial charge in [0, 0.05) is 10.6 Å². The number of benzene rings is 3. The van der Waals surface area contributed by atoms with Crippen LogP contribution in [0.25, 0.3) is 22.3 Å². The Labute approximate surface area is 196 Å². The lowest BCUT2D eigenvalue weighted by Gasteiger charge is -2.13. The summed E-state index contributed by atoms with van der Waals surface area (Å²) in [4.78, 5) is 25.4. The summed E-state index contributed by atoms with van der Waals surface area (Å²) in [5, 5.41) is 0.785. The van der Waals surface area contributed by atoms with Gasteiger partial charge < -0.3 is 13.9 Å². The first-order chi connectivity index (χ1) is 15.8. The van der Waals surface area contributed by atoms with Crippen LogP contribution in [-0.2, 0) is 11.3 Å². The fourth-order valence-corrected chi connectivity index (χ4v) is 3.52. The van der Waals surface area contributed by atoms with Gasteiger partial charge in [0.1, 0.15) is 12.2 Å². The maximum atomic E-state index is 13.3. The van der Waals surface area contributed by atoms with Crippen LogP contribution >= 0.6 is 11.6 Å². The number of rotatable bonds is 6. The maximum Gasteiger partial charge on any atom is 0.338 e. The van der Waals surface area contributed by atoms with Crippen molar-refractivity contribution in [3.63, 3.8) is 0 Å². The zero-order valence-electron chi connectivity index (χ0n) is 18.6. The molecule has 6 heteroatoms. The summed E-state index contributed by atoms with van der Waals surface area (Å²) in [7, 11) is 0. The number of hydrogen-bond acceptors (Lipinski definition) is 5. The van der Waals surface area contributed by atoms with E-state index in [9.17, 15) is 9.59 Å². The second-order valence-electron chi connectivity index (χ2n) is 8.04. The third-order valence-electron chi connectivity index (χ3n) is 5.04. The quantitative estimate of drug-likeness (QED) is 0.303. The topological polar surface area (TPSA) is 65.7 Å². The lowest BCUT2D eigenvalue weighted by molar-refractivity contribution is 0.0378. The summed E-state index contributed by atoms with van der Waals surface area (Å²) in [6, 6.07) is 19.5. The normalized spacial score (nSPS) is 11.1. The molecule has 0 saturated heterocycles. The molecule has 0 spiro atoms. The number of esters is 1. The summed E-state index contributed by atoms with van der Waals surface area (Å²) in [6.07, 6.45) is -0.193. The minimum Gasteiger partial charge on any atom is -0.481 e. The molecule has 0 radical (unpaired) electrons. The average molecular weight is 463 g/mol. The van der Waals surface area contributed by atoms with Gasteiger partial charge in [-0.2, -0.15) is 0 Å². The molecule has 33 heavy (non-hydrogen) atoms. The van der Waals surface area contributed by atoms with Gasteiger partial charge in [0.05, 0.1) is 17.1 Å². The van der Waals surface area contributed by atoms with Gasteiger partial charge in [0.25, 0.3) is 0 Å². The smallest absolute Gasteiger partial charge is 0.338 e. The van der Waals surface area contributed by atoms with Crippen molar-refractivity contribution in [1.82, 2.24) is 0 Å². The Morgan fingerprint density at radius 3 is 2.36 bits per heavy atom. The summed E-state index contributed by atoms with van der Waals surface area (Å²) < 4.78 is 17.3. The van der Waals surface area contributed by atoms with E-state index in [2.05, 4.69) is 0 Å². The van der Waals surface area contributed by atoms with E-state index >= 15 is 0 Å². The van der Waals surface area contributed by atoms with Crippen LogP contribution < -0.4 is 10.2 Å². The Bertz CT molecular complexity index is 1350. The van der Waals surface area contributed by atoms with Gasteiger partial charge in [-0.05, 0) is 56.7 Å². The molecule has 0 aliphatic rings. The first-order valence-corrected chi connectivity index (χ1v) is 11.0. The molecule has 1 aromatic heterocycles. The van der Waals surface area contributed by atoms with Gasteiger partial charge in [-0.15, -0.1) is 0 Å². The van der Waals surface area contributed by atoms with Crippen molar-refractivity contribution >= 4 is 28.5 Å². The molecule has 0 atom stereocenters. The van der Waals surface area contributed by atoms with E-state index in [-0.39, 0.29) is 29.9 Å². The number of aryl methyl sites for hydroxylation is 1. The zero-order valence-corrected chi connectivity index (χ0v) is 19.3. The third-order valence-corrected chi connectivity index (χ3v) is 5.28. The highest BCUT2D eigenvalue weighted by molar-refractivity contribution is 6.31. The van der Waals surface area contributed by atoms with Gasteiger partial charge in [-0.25, -0.2) is 4.79 Å². The van der Waals surface area contributed by atoms with E-state index in [0.717, 1.165) is 16.7 Å². The maximum absolute atomic E-state index is 13.3. The molecule has 4 rings (SSSR count). The molecular weight excluding hydrogens is 440 g/mol. The molecule has 0 aliphatic heterocycles. The Balaban J connectivity index is 1.68. The third kappa shape index (κ3) is 5.10. The van der Waals surface area contributed by atoms with Crippen LogP contribution in [0.2, 0.25) is 5.02 Å². The average Bonchev–Trinajstić information content (AvgIpc) is 2.79. The zero-order chi connectivity index (χ0) is 23.5. The highest BCUT2D eigenvalue weighted by Crippen LogP contribution is 2.32. The molecule has 0 saturated carbocycles. The van der Waals surface area contributed by atoms with Gasteiger partial charge >= 0.3 is 5.97 Å². The number of halogens is 1. The second-order valence-corrected chi connectivity index (χ2v) is 8.47. The van der Waals surface area contributed by atoms with Gasteiger partial charge in [0.2, 0.25) is 11.2 Å². The molecule has 5 nitrogen and oxygen atoms in total. The predicted octanol–water partition coefficient (Wildman–Crippen LogP) is 6.57. The molecule has 0 unspecified atom stereocenters. The SMILES string of the molecule is Cc1ccc(-c2oc3ccc(Cl)cc3c(=O)c2OCc2ccc(C(=O)OC(C)C)cc2)cc1. The van der Waals surface area contributed by atoms with E-state index in [1.165, 1.54) is 0 Å². The molecule has 168 valence electrons. The molecule has 4 aromatic rings. The van der Waals surface area contributed by atoms with Crippen molar-refractivity contribution in [3.8, 4) is 17.1 Å². The Kier molecular flexibility index (Phi) is 6.52. The Hall–Kier alpha value is -3.57. The predicted molar refractivity (Wildman–Crippen MR) is 129 cm³/mol. The molecule has 0 bridgehead atoms. The molecule has 0 amide bonds. The van der Waals surface area contributed by atoms with Crippen molar-refractivity contribution in [2.75, 3.05) is 0 Å². The molecule has 0 aliphatic carbocycles. The number of carbonyl (C=O) groups excluding carboxylic acids is 1. The van der Waals surface area contributed by atoms with Crippen molar-refractivity contribution < 1.29 is 18.7 Å². The van der Waals surface area contributed by atoms with Gasteiger partial charge in [-0.3, -0.25) is 4.79 Å². The molecule has 3 aromatic carbocycles. The van der Waals surface area contributed by atoms with Gasteiger partial charge in [-0.1, -0.05) is 53.6 Å². The van der Waals surface area contributed by atoms with E-state index in [1.807, 2.05) is 31.2 Å². The number of ether oxygens (including phenoxy) is 2. The Morgan fingerprint density at radius 2 is 1.70 bits per heavy atom. The number of hydrogen-bond donors (Lipinski definition) is 0. The monoisotopic (exact) mass is 462 g/mol. The minimum atomic E-state index is -0.383. The van der Waals surface area contributed by atoms with Crippen molar-refractivity contribution in [2.45, 2.75) is 33.5 Å². The standard InChI is InChI=1S/C27H23ClO5/c1-16(2)32-27(30)20-10-6-18(7-11-20)15-31-26-24(29)22-14-21(28)12-13-23(22)33-25(26)19-8-4-17(3)5-9-19/h4-14,16H,15H2,1-3H3. The van der Waals surface area contributed by atoms with E-state index in [4.69, 9.17) is 25.5 Å². The van der Waals surface area contributed by atoms with Crippen LogP contribution in [0.15, 0.2) is 75.9 Å². The first kappa shape index (κ1) is 22.6. The number of carbonyl (C=O) groups is 1. The van der Waals surface area contributed by atoms with Crippen LogP contribution in [0.1, 0.15) is 35.3 Å². The summed E-state index contributed by atoms with van der Waals surface area (Å²) >= 11 is 6.10. The van der Waals surface area contributed by atoms with Crippen molar-refractivity contribution in [3.05, 3.63) is 98.7 Å². The van der Waals surface area contributed by atoms with Gasteiger partial charge in [0.15, 0.2) is 5.76 Å². The molecule has 0 N–H and O–H groups in total. The fourth-order valence-electron chi connectivity index (χ4n) is 3.35. The van der Waals surface area contributed by atoms with Crippen LogP contribution in [0, 0.1) is 6.92 Å². The fraction of sp³-hybridized carbons (Fsp3) is 0.185. The lowest BCUT2D eigenvalue weighted by atomic mass is 10.1. The van der Waals surface area contributed by atoms with E-state index < -0.39 is 0 Å². The highest BCUT2D eigenvalue weighted by atomic mass is 35.5. The van der Waals surface area contributed by atoms with Crippen LogP contribution in [0.5, 0.6) is 5.75 Å². The number of fused-ring (bicyclic) bond motifs is 1. The van der Waals surface area contributed by atoms with E-state index in [0.29, 0.717) is 27.3 Å². The van der Waals surface area contributed by atoms with Crippen LogP contribution in [-0.4, -0.2) is 12.1 Å². The summed E-state index contributed by atoms with van der Waals surface area (Å²) in [5.74, 6) is 0.0787. The minimum absolute atomic E-state index is 0.108. The van der Waals surface area contributed by atoms with Crippen molar-refractivity contribution in [2.24, 2.45) is 0 Å². The summed E-state index contributed by atoms with van der Waals surface area (Å²) in [6.45, 7) is 5.71. The molecule has 1 heterocycles. The Morgan fingerprint density at radius 1 is 1.00 bits per heavy atom. The molecule has 0 fully saturated rings. The summed E-state index contributed by atoms with van der Waals surface area (Å²) in [5.41, 5.74) is 3.19. The van der Waals surface area contributed by atoms with Crippen LogP contribution in [0.3, 0.4) is 0 Å². The largest absolute Gasteiger partial charge is 0.481 e. The second kappa shape index (κ2) is 9.51. The lowest BCUT2D eigenvalue weighted by Crippen LogP contribution is -2.12. The molecular formula is C27H23ClO5. The first-order valence-electron chi connectivity index (χ1n) is 10.6. The highest BCUT2D eigenvalue weighted by Gasteiger charge is 2.18.